The first-order valence-electron chi connectivity index (χ1n) is 5.41. The quantitative estimate of drug-likeness (QED) is 0.654. The second kappa shape index (κ2) is 5.44. The zero-order valence-corrected chi connectivity index (χ0v) is 9.24. The predicted octanol–water partition coefficient (Wildman–Crippen LogP) is -0.665. The molecule has 1 amide bonds. The zero-order chi connectivity index (χ0) is 11.3. The maximum Gasteiger partial charge on any atom is 0.242 e. The van der Waals surface area contributed by atoms with Crippen molar-refractivity contribution in [2.24, 2.45) is 5.73 Å². The average Bonchev–Trinajstić information content (AvgIpc) is 2.26. The molecule has 0 bridgehead atoms. The van der Waals surface area contributed by atoms with E-state index in [9.17, 15) is 4.79 Å². The van der Waals surface area contributed by atoms with E-state index in [1.807, 2.05) is 6.92 Å². The lowest BCUT2D eigenvalue weighted by Crippen LogP contribution is -2.58. The van der Waals surface area contributed by atoms with E-state index >= 15 is 0 Å². The molecule has 0 saturated carbocycles. The van der Waals surface area contributed by atoms with Crippen molar-refractivity contribution in [3.63, 3.8) is 0 Å². The standard InChI is InChI=1S/C10H20N2O3/c1-2-12(5-6-13)9(14)10(11)3-7-15-8-4-10/h13H,2-8,11H2,1H3. The van der Waals surface area contributed by atoms with Gasteiger partial charge in [0.15, 0.2) is 0 Å². The summed E-state index contributed by atoms with van der Waals surface area (Å²) in [7, 11) is 0. The van der Waals surface area contributed by atoms with Gasteiger partial charge in [-0.25, -0.2) is 0 Å². The van der Waals surface area contributed by atoms with Crippen LogP contribution in [0.3, 0.4) is 0 Å². The molecule has 1 aliphatic rings. The van der Waals surface area contributed by atoms with E-state index in [-0.39, 0.29) is 12.5 Å². The van der Waals surface area contributed by atoms with Crippen LogP contribution in [0.5, 0.6) is 0 Å². The molecule has 1 rings (SSSR count). The predicted molar refractivity (Wildman–Crippen MR) is 56.3 cm³/mol. The van der Waals surface area contributed by atoms with Gasteiger partial charge < -0.3 is 20.5 Å². The summed E-state index contributed by atoms with van der Waals surface area (Å²) >= 11 is 0. The van der Waals surface area contributed by atoms with Crippen LogP contribution in [0.2, 0.25) is 0 Å². The first-order chi connectivity index (χ1) is 7.14. The molecule has 0 aliphatic carbocycles. The number of nitrogens with two attached hydrogens (primary N) is 1. The summed E-state index contributed by atoms with van der Waals surface area (Å²) < 4.78 is 5.19. The van der Waals surface area contributed by atoms with Gasteiger partial charge in [-0.2, -0.15) is 0 Å². The normalized spacial score (nSPS) is 19.9. The van der Waals surface area contributed by atoms with Crippen molar-refractivity contribution in [1.82, 2.24) is 4.90 Å². The Bertz CT molecular complexity index is 215. The molecule has 5 heteroatoms. The van der Waals surface area contributed by atoms with Crippen molar-refractivity contribution < 1.29 is 14.6 Å². The molecule has 15 heavy (non-hydrogen) atoms. The number of hydrogen-bond acceptors (Lipinski definition) is 4. The summed E-state index contributed by atoms with van der Waals surface area (Å²) in [6, 6.07) is 0. The van der Waals surface area contributed by atoms with E-state index in [1.165, 1.54) is 0 Å². The Balaban J connectivity index is 2.62. The molecular weight excluding hydrogens is 196 g/mol. The molecule has 0 aromatic carbocycles. The van der Waals surface area contributed by atoms with Crippen molar-refractivity contribution in [2.75, 3.05) is 32.9 Å². The van der Waals surface area contributed by atoms with Crippen molar-refractivity contribution >= 4 is 5.91 Å². The molecule has 1 saturated heterocycles. The van der Waals surface area contributed by atoms with Crippen molar-refractivity contribution in [3.8, 4) is 0 Å². The van der Waals surface area contributed by atoms with Gasteiger partial charge in [0.1, 0.15) is 0 Å². The van der Waals surface area contributed by atoms with Crippen LogP contribution in [-0.4, -0.2) is 54.4 Å². The maximum absolute atomic E-state index is 12.1. The monoisotopic (exact) mass is 216 g/mol. The number of hydrogen-bond donors (Lipinski definition) is 2. The van der Waals surface area contributed by atoms with E-state index < -0.39 is 5.54 Å². The smallest absolute Gasteiger partial charge is 0.242 e. The Kier molecular flexibility index (Phi) is 4.50. The number of nitrogens with zero attached hydrogens (tertiary/aromatic N) is 1. The average molecular weight is 216 g/mol. The van der Waals surface area contributed by atoms with Gasteiger partial charge in [-0.15, -0.1) is 0 Å². The van der Waals surface area contributed by atoms with E-state index in [4.69, 9.17) is 15.6 Å². The van der Waals surface area contributed by atoms with Gasteiger partial charge in [0, 0.05) is 26.3 Å². The van der Waals surface area contributed by atoms with Gasteiger partial charge in [0.05, 0.1) is 12.1 Å². The minimum absolute atomic E-state index is 0.0217. The van der Waals surface area contributed by atoms with E-state index in [0.717, 1.165) is 0 Å². The molecule has 3 N–H and O–H groups in total. The van der Waals surface area contributed by atoms with Gasteiger partial charge >= 0.3 is 0 Å². The number of aliphatic hydroxyl groups is 1. The lowest BCUT2D eigenvalue weighted by atomic mass is 9.89. The zero-order valence-electron chi connectivity index (χ0n) is 9.24. The highest BCUT2D eigenvalue weighted by Crippen LogP contribution is 2.20. The minimum atomic E-state index is -0.788. The number of carbonyl (C=O) groups excluding carboxylic acids is 1. The fourth-order valence-electron chi connectivity index (χ4n) is 1.79. The van der Waals surface area contributed by atoms with Gasteiger partial charge in [0.25, 0.3) is 0 Å². The Morgan fingerprint density at radius 1 is 1.53 bits per heavy atom. The van der Waals surface area contributed by atoms with Crippen LogP contribution >= 0.6 is 0 Å². The summed E-state index contributed by atoms with van der Waals surface area (Å²) in [6.07, 6.45) is 1.13. The summed E-state index contributed by atoms with van der Waals surface area (Å²) in [6.45, 7) is 3.88. The van der Waals surface area contributed by atoms with Crippen LogP contribution in [0, 0.1) is 0 Å². The van der Waals surface area contributed by atoms with Gasteiger partial charge in [-0.1, -0.05) is 0 Å². The van der Waals surface area contributed by atoms with Crippen molar-refractivity contribution in [3.05, 3.63) is 0 Å². The highest BCUT2D eigenvalue weighted by atomic mass is 16.5. The summed E-state index contributed by atoms with van der Waals surface area (Å²) in [5, 5.41) is 8.84. The van der Waals surface area contributed by atoms with Crippen LogP contribution in [0.15, 0.2) is 0 Å². The molecule has 0 aromatic heterocycles. The highest BCUT2D eigenvalue weighted by molar-refractivity contribution is 5.86. The molecule has 0 atom stereocenters. The van der Waals surface area contributed by atoms with Crippen molar-refractivity contribution in [2.45, 2.75) is 25.3 Å². The molecule has 0 radical (unpaired) electrons. The molecule has 1 heterocycles. The molecule has 1 aliphatic heterocycles. The fraction of sp³-hybridized carbons (Fsp3) is 0.900. The number of rotatable bonds is 4. The van der Waals surface area contributed by atoms with Crippen LogP contribution in [0.4, 0.5) is 0 Å². The maximum atomic E-state index is 12.1. The SMILES string of the molecule is CCN(CCO)C(=O)C1(N)CCOCC1. The number of carbonyl (C=O) groups is 1. The third-order valence-corrected chi connectivity index (χ3v) is 2.85. The highest BCUT2D eigenvalue weighted by Gasteiger charge is 2.38. The number of ether oxygens (including phenoxy) is 1. The van der Waals surface area contributed by atoms with Crippen molar-refractivity contribution in [1.29, 1.82) is 0 Å². The van der Waals surface area contributed by atoms with Crippen LogP contribution in [0.25, 0.3) is 0 Å². The van der Waals surface area contributed by atoms with Crippen LogP contribution in [0.1, 0.15) is 19.8 Å². The molecule has 0 aromatic rings. The molecule has 1 fully saturated rings. The summed E-state index contributed by atoms with van der Waals surface area (Å²) in [4.78, 5) is 13.7. The molecule has 0 unspecified atom stereocenters. The topological polar surface area (TPSA) is 75.8 Å². The second-order valence-corrected chi connectivity index (χ2v) is 3.88. The Morgan fingerprint density at radius 3 is 2.60 bits per heavy atom. The number of aliphatic hydroxyl groups excluding tert-OH is 1. The molecule has 88 valence electrons. The second-order valence-electron chi connectivity index (χ2n) is 3.88. The summed E-state index contributed by atoms with van der Waals surface area (Å²) in [5.41, 5.74) is 5.27. The van der Waals surface area contributed by atoms with Gasteiger partial charge in [0.2, 0.25) is 5.91 Å². The van der Waals surface area contributed by atoms with E-state index in [2.05, 4.69) is 0 Å². The van der Waals surface area contributed by atoms with Gasteiger partial charge in [-0.3, -0.25) is 4.79 Å². The lowest BCUT2D eigenvalue weighted by Gasteiger charge is -2.36. The first kappa shape index (κ1) is 12.4. The largest absolute Gasteiger partial charge is 0.395 e. The minimum Gasteiger partial charge on any atom is -0.395 e. The summed E-state index contributed by atoms with van der Waals surface area (Å²) in [5.74, 6) is -0.0673. The lowest BCUT2D eigenvalue weighted by molar-refractivity contribution is -0.140. The Morgan fingerprint density at radius 2 is 2.13 bits per heavy atom. The van der Waals surface area contributed by atoms with Crippen LogP contribution < -0.4 is 5.73 Å². The fourth-order valence-corrected chi connectivity index (χ4v) is 1.79. The third-order valence-electron chi connectivity index (χ3n) is 2.85. The first-order valence-corrected chi connectivity index (χ1v) is 5.41. The molecule has 0 spiro atoms. The van der Waals surface area contributed by atoms with Gasteiger partial charge in [-0.05, 0) is 19.8 Å². The molecule has 5 nitrogen and oxygen atoms in total. The molecular formula is C10H20N2O3. The Hall–Kier alpha value is -0.650. The van der Waals surface area contributed by atoms with Crippen LogP contribution in [-0.2, 0) is 9.53 Å². The number of likely N-dealkylation sites (N-methyl/N-ethyl adjacent to an activating group) is 1. The third kappa shape index (κ3) is 2.90. The van der Waals surface area contributed by atoms with E-state index in [1.54, 1.807) is 4.90 Å². The Labute approximate surface area is 90.2 Å². The van der Waals surface area contributed by atoms with E-state index in [0.29, 0.717) is 39.1 Å². The number of amides is 1.